The van der Waals surface area contributed by atoms with Crippen LogP contribution >= 0.6 is 11.3 Å². The van der Waals surface area contributed by atoms with Gasteiger partial charge in [-0.25, -0.2) is 4.98 Å². The lowest BCUT2D eigenvalue weighted by molar-refractivity contribution is -0.174. The van der Waals surface area contributed by atoms with E-state index in [9.17, 15) is 18.0 Å². The van der Waals surface area contributed by atoms with Crippen LogP contribution in [-0.2, 0) is 4.74 Å². The number of aryl methyl sites for hydroxylation is 1. The van der Waals surface area contributed by atoms with Gasteiger partial charge < -0.3 is 14.5 Å². The maximum atomic E-state index is 12.1. The number of nitrogens with zero attached hydrogens (tertiary/aromatic N) is 1. The van der Waals surface area contributed by atoms with Crippen LogP contribution in [0.4, 0.5) is 13.2 Å². The third-order valence-corrected chi connectivity index (χ3v) is 3.74. The van der Waals surface area contributed by atoms with Gasteiger partial charge in [-0.05, 0) is 26.0 Å². The van der Waals surface area contributed by atoms with Crippen molar-refractivity contribution < 1.29 is 27.1 Å². The van der Waals surface area contributed by atoms with Gasteiger partial charge in [-0.3, -0.25) is 4.79 Å². The number of ether oxygens (including phenoxy) is 1. The monoisotopic (exact) mass is 348 g/mol. The third kappa shape index (κ3) is 5.07. The van der Waals surface area contributed by atoms with Gasteiger partial charge in [-0.2, -0.15) is 13.2 Å². The molecular weight excluding hydrogens is 333 g/mol. The molecule has 0 spiro atoms. The number of hydrogen-bond donors (Lipinski definition) is 1. The maximum Gasteiger partial charge on any atom is 0.411 e. The summed E-state index contributed by atoms with van der Waals surface area (Å²) in [5, 5.41) is 3.13. The molecule has 0 saturated heterocycles. The fourth-order valence-electron chi connectivity index (χ4n) is 1.80. The predicted molar refractivity (Wildman–Crippen MR) is 78.4 cm³/mol. The zero-order chi connectivity index (χ0) is 17.0. The van der Waals surface area contributed by atoms with Gasteiger partial charge in [0.25, 0.3) is 5.91 Å². The van der Waals surface area contributed by atoms with Crippen LogP contribution in [0.15, 0.2) is 22.8 Å². The summed E-state index contributed by atoms with van der Waals surface area (Å²) in [6.07, 6.45) is -2.88. The number of rotatable bonds is 6. The molecule has 1 atom stereocenters. The number of alkyl halides is 3. The van der Waals surface area contributed by atoms with Gasteiger partial charge in [-0.1, -0.05) is 0 Å². The minimum Gasteiger partial charge on any atom is -0.462 e. The minimum atomic E-state index is -4.38. The lowest BCUT2D eigenvalue weighted by Crippen LogP contribution is -2.37. The standard InChI is InChI=1S/C14H15F3N2O3S/c1-8(6-21-7-14(15,16)17)18-12(20)11-9(2)23-13(19-11)10-4-3-5-22-10/h3-5,8H,6-7H2,1-2H3,(H,18,20)/t8-/m1/s1. The van der Waals surface area contributed by atoms with Gasteiger partial charge >= 0.3 is 6.18 Å². The number of halogens is 3. The molecule has 0 saturated carbocycles. The van der Waals surface area contributed by atoms with Crippen LogP contribution in [0.3, 0.4) is 0 Å². The number of furan rings is 1. The molecule has 0 unspecified atom stereocenters. The quantitative estimate of drug-likeness (QED) is 0.869. The number of carbonyl (C=O) groups excluding carboxylic acids is 1. The summed E-state index contributed by atoms with van der Waals surface area (Å²) in [6, 6.07) is 2.87. The van der Waals surface area contributed by atoms with E-state index in [-0.39, 0.29) is 12.3 Å². The van der Waals surface area contributed by atoms with E-state index in [1.165, 1.54) is 17.6 Å². The molecule has 2 aromatic rings. The smallest absolute Gasteiger partial charge is 0.411 e. The van der Waals surface area contributed by atoms with E-state index in [4.69, 9.17) is 4.42 Å². The summed E-state index contributed by atoms with van der Waals surface area (Å²) < 4.78 is 45.7. The van der Waals surface area contributed by atoms with Crippen molar-refractivity contribution in [3.63, 3.8) is 0 Å². The van der Waals surface area contributed by atoms with Crippen LogP contribution in [0.25, 0.3) is 10.8 Å². The van der Waals surface area contributed by atoms with Crippen LogP contribution in [0, 0.1) is 6.92 Å². The Hall–Kier alpha value is -1.87. The van der Waals surface area contributed by atoms with Gasteiger partial charge in [0, 0.05) is 10.9 Å². The van der Waals surface area contributed by atoms with Crippen molar-refractivity contribution in [2.45, 2.75) is 26.1 Å². The molecule has 5 nitrogen and oxygen atoms in total. The average Bonchev–Trinajstić information content (AvgIpc) is 3.05. The Morgan fingerprint density at radius 3 is 2.87 bits per heavy atom. The van der Waals surface area contributed by atoms with Crippen LogP contribution < -0.4 is 5.32 Å². The van der Waals surface area contributed by atoms with Crippen molar-refractivity contribution in [2.75, 3.05) is 13.2 Å². The summed E-state index contributed by atoms with van der Waals surface area (Å²) in [5.41, 5.74) is 0.226. The minimum absolute atomic E-state index is 0.226. The van der Waals surface area contributed by atoms with Crippen molar-refractivity contribution in [1.82, 2.24) is 10.3 Å². The lowest BCUT2D eigenvalue weighted by Gasteiger charge is -2.14. The highest BCUT2D eigenvalue weighted by Gasteiger charge is 2.28. The van der Waals surface area contributed by atoms with Gasteiger partial charge in [0.2, 0.25) is 0 Å². The summed E-state index contributed by atoms with van der Waals surface area (Å²) >= 11 is 1.30. The van der Waals surface area contributed by atoms with E-state index >= 15 is 0 Å². The van der Waals surface area contributed by atoms with Crippen molar-refractivity contribution in [3.05, 3.63) is 29.0 Å². The number of thiazole rings is 1. The fraction of sp³-hybridized carbons (Fsp3) is 0.429. The van der Waals surface area contributed by atoms with E-state index in [1.54, 1.807) is 26.0 Å². The molecule has 0 fully saturated rings. The van der Waals surface area contributed by atoms with E-state index < -0.39 is 24.7 Å². The second kappa shape index (κ2) is 7.14. The first-order valence-corrected chi connectivity index (χ1v) is 7.54. The van der Waals surface area contributed by atoms with E-state index in [0.29, 0.717) is 15.6 Å². The number of hydrogen-bond acceptors (Lipinski definition) is 5. The fourth-order valence-corrected chi connectivity index (χ4v) is 2.68. The molecule has 0 aliphatic heterocycles. The summed E-state index contributed by atoms with van der Waals surface area (Å²) in [7, 11) is 0. The van der Waals surface area contributed by atoms with E-state index in [1.807, 2.05) is 0 Å². The molecule has 2 aromatic heterocycles. The SMILES string of the molecule is Cc1sc(-c2ccco2)nc1C(=O)N[C@H](C)COCC(F)(F)F. The summed E-state index contributed by atoms with van der Waals surface area (Å²) in [4.78, 5) is 17.1. The third-order valence-electron chi connectivity index (χ3n) is 2.75. The molecule has 1 amide bonds. The lowest BCUT2D eigenvalue weighted by atomic mass is 10.3. The first-order valence-electron chi connectivity index (χ1n) is 6.73. The predicted octanol–water partition coefficient (Wildman–Crippen LogP) is 3.41. The highest BCUT2D eigenvalue weighted by molar-refractivity contribution is 7.15. The second-order valence-electron chi connectivity index (χ2n) is 4.91. The van der Waals surface area contributed by atoms with Gasteiger partial charge in [0.15, 0.2) is 10.8 Å². The van der Waals surface area contributed by atoms with Gasteiger partial charge in [-0.15, -0.1) is 11.3 Å². The normalized spacial score (nSPS) is 13.1. The Morgan fingerprint density at radius 2 is 2.26 bits per heavy atom. The Morgan fingerprint density at radius 1 is 1.52 bits per heavy atom. The van der Waals surface area contributed by atoms with Gasteiger partial charge in [0.05, 0.1) is 12.9 Å². The Bertz CT molecular complexity index is 653. The topological polar surface area (TPSA) is 64.4 Å². The molecule has 0 aliphatic carbocycles. The summed E-state index contributed by atoms with van der Waals surface area (Å²) in [5.74, 6) is 0.0957. The maximum absolute atomic E-state index is 12.1. The summed E-state index contributed by atoms with van der Waals surface area (Å²) in [6.45, 7) is 1.72. The average molecular weight is 348 g/mol. The molecular formula is C14H15F3N2O3S. The van der Waals surface area contributed by atoms with Crippen molar-refractivity contribution >= 4 is 17.2 Å². The van der Waals surface area contributed by atoms with Crippen LogP contribution in [-0.4, -0.2) is 36.3 Å². The Labute approximate surface area is 134 Å². The van der Waals surface area contributed by atoms with Crippen molar-refractivity contribution in [2.24, 2.45) is 0 Å². The Balaban J connectivity index is 1.93. The number of aromatic nitrogens is 1. The molecule has 2 rings (SSSR count). The molecule has 126 valence electrons. The van der Waals surface area contributed by atoms with Crippen molar-refractivity contribution in [3.8, 4) is 10.8 Å². The first kappa shape index (κ1) is 17.5. The van der Waals surface area contributed by atoms with E-state index in [2.05, 4.69) is 15.0 Å². The highest BCUT2D eigenvalue weighted by atomic mass is 32.1. The number of carbonyl (C=O) groups is 1. The molecule has 0 bridgehead atoms. The molecule has 1 N–H and O–H groups in total. The molecule has 0 aromatic carbocycles. The Kier molecular flexibility index (Phi) is 5.42. The molecule has 9 heteroatoms. The van der Waals surface area contributed by atoms with Gasteiger partial charge in [0.1, 0.15) is 12.3 Å². The van der Waals surface area contributed by atoms with Crippen LogP contribution in [0.2, 0.25) is 0 Å². The highest BCUT2D eigenvalue weighted by Crippen LogP contribution is 2.27. The van der Waals surface area contributed by atoms with Crippen LogP contribution in [0.5, 0.6) is 0 Å². The van der Waals surface area contributed by atoms with Crippen LogP contribution in [0.1, 0.15) is 22.3 Å². The first-order chi connectivity index (χ1) is 10.8. The molecule has 2 heterocycles. The molecule has 0 aliphatic rings. The van der Waals surface area contributed by atoms with E-state index in [0.717, 1.165) is 0 Å². The number of amides is 1. The molecule has 23 heavy (non-hydrogen) atoms. The zero-order valence-corrected chi connectivity index (χ0v) is 13.3. The molecule has 0 radical (unpaired) electrons. The second-order valence-corrected chi connectivity index (χ2v) is 6.11. The largest absolute Gasteiger partial charge is 0.462 e. The zero-order valence-electron chi connectivity index (χ0n) is 12.4. The van der Waals surface area contributed by atoms with Crippen molar-refractivity contribution in [1.29, 1.82) is 0 Å². The number of nitrogens with one attached hydrogen (secondary N) is 1.